The van der Waals surface area contributed by atoms with Crippen molar-refractivity contribution < 1.29 is 24.9 Å². The Morgan fingerprint density at radius 3 is 2.38 bits per heavy atom. The molecule has 1 atom stereocenters. The molecule has 2 rings (SSSR count). The van der Waals surface area contributed by atoms with Gasteiger partial charge in [-0.1, -0.05) is 29.4 Å². The predicted molar refractivity (Wildman–Crippen MR) is 129 cm³/mol. The molecule has 174 valence electrons. The van der Waals surface area contributed by atoms with Crippen molar-refractivity contribution in [3.8, 4) is 11.5 Å². The molecule has 3 N–H and O–H groups in total. The predicted octanol–water partition coefficient (Wildman–Crippen LogP) is 7.01. The van der Waals surface area contributed by atoms with Crippen molar-refractivity contribution >= 4 is 12.0 Å². The van der Waals surface area contributed by atoms with Crippen molar-refractivity contribution in [1.29, 1.82) is 0 Å². The third kappa shape index (κ3) is 7.04. The Labute approximate surface area is 191 Å². The van der Waals surface area contributed by atoms with Crippen LogP contribution >= 0.6 is 0 Å². The molecule has 1 unspecified atom stereocenters. The summed E-state index contributed by atoms with van der Waals surface area (Å²) >= 11 is 0. The highest BCUT2D eigenvalue weighted by atomic mass is 16.5. The zero-order valence-electron chi connectivity index (χ0n) is 19.9. The van der Waals surface area contributed by atoms with Crippen LogP contribution in [0.1, 0.15) is 77.3 Å². The third-order valence-corrected chi connectivity index (χ3v) is 5.73. The largest absolute Gasteiger partial charge is 0.508 e. The second kappa shape index (κ2) is 11.1. The summed E-state index contributed by atoms with van der Waals surface area (Å²) in [5, 5.41) is 29.7. The molecule has 0 fully saturated rings. The number of aliphatic hydroxyl groups excluding tert-OH is 1. The average molecular weight is 441 g/mol. The number of aliphatic hydroxyl groups is 1. The normalized spacial score (nSPS) is 18.5. The number of ether oxygens (including phenoxy) is 1. The van der Waals surface area contributed by atoms with Crippen molar-refractivity contribution in [2.45, 2.75) is 78.7 Å². The fourth-order valence-corrected chi connectivity index (χ4v) is 3.77. The van der Waals surface area contributed by atoms with Crippen LogP contribution in [-0.2, 0) is 4.79 Å². The summed E-state index contributed by atoms with van der Waals surface area (Å²) < 4.78 is 6.15. The molecule has 1 aromatic carbocycles. The lowest BCUT2D eigenvalue weighted by Crippen LogP contribution is -2.37. The monoisotopic (exact) mass is 440 g/mol. The first-order chi connectivity index (χ1) is 15.0. The first-order valence-corrected chi connectivity index (χ1v) is 11.2. The van der Waals surface area contributed by atoms with E-state index in [1.807, 2.05) is 40.7 Å². The molecule has 1 aliphatic rings. The van der Waals surface area contributed by atoms with E-state index >= 15 is 0 Å². The summed E-state index contributed by atoms with van der Waals surface area (Å²) in [6, 6.07) is 3.24. The number of carboxylic acids is 1. The number of aliphatic carboxylic acids is 1. The number of aryl methyl sites for hydroxylation is 1. The first kappa shape index (κ1) is 25.3. The first-order valence-electron chi connectivity index (χ1n) is 11.2. The van der Waals surface area contributed by atoms with Gasteiger partial charge in [-0.15, -0.1) is 0 Å². The number of hydrogen-bond donors (Lipinski definition) is 3. The summed E-state index contributed by atoms with van der Waals surface area (Å²) in [7, 11) is 0. The number of carbonyl (C=O) groups is 1. The second-order valence-corrected chi connectivity index (χ2v) is 9.03. The van der Waals surface area contributed by atoms with Gasteiger partial charge in [-0.05, 0) is 96.9 Å². The minimum Gasteiger partial charge on any atom is -0.508 e. The van der Waals surface area contributed by atoms with Gasteiger partial charge in [0.15, 0.2) is 5.60 Å². The molecule has 0 aliphatic carbocycles. The fraction of sp³-hybridized carbons (Fsp3) is 0.444. The van der Waals surface area contributed by atoms with E-state index in [4.69, 9.17) is 4.74 Å². The number of hydrogen-bond acceptors (Lipinski definition) is 4. The fourth-order valence-electron chi connectivity index (χ4n) is 3.77. The van der Waals surface area contributed by atoms with Crippen molar-refractivity contribution in [2.75, 3.05) is 0 Å². The molecule has 1 aliphatic heterocycles. The maximum atomic E-state index is 11.4. The average Bonchev–Trinajstić information content (AvgIpc) is 2.68. The van der Waals surface area contributed by atoms with Crippen LogP contribution in [0, 0.1) is 6.92 Å². The molecule has 0 aromatic heterocycles. The standard InChI is InChI=1S/C27H36O5/c1-18(2)9-6-12-21(26(30)31)13-7-10-19(3)11-8-14-27(5)24(29)17-22-16-23(28)15-20(4)25(22)32-27/h9,11,13,15-17,28-29H,6-8,10,12,14H2,1-5H3,(H,30,31)/b19-11+,21-13-. The highest BCUT2D eigenvalue weighted by Crippen LogP contribution is 2.40. The Morgan fingerprint density at radius 1 is 1.03 bits per heavy atom. The summed E-state index contributed by atoms with van der Waals surface area (Å²) in [5.74, 6) is 0.130. The van der Waals surface area contributed by atoms with E-state index in [1.165, 1.54) is 11.1 Å². The molecule has 5 heteroatoms. The minimum absolute atomic E-state index is 0.145. The van der Waals surface area contributed by atoms with E-state index in [1.54, 1.807) is 18.2 Å². The highest BCUT2D eigenvalue weighted by molar-refractivity contribution is 5.86. The molecule has 0 saturated carbocycles. The van der Waals surface area contributed by atoms with Crippen molar-refractivity contribution in [2.24, 2.45) is 0 Å². The van der Waals surface area contributed by atoms with Crippen LogP contribution < -0.4 is 4.74 Å². The third-order valence-electron chi connectivity index (χ3n) is 5.73. The van der Waals surface area contributed by atoms with E-state index in [0.717, 1.165) is 24.8 Å². The van der Waals surface area contributed by atoms with Crippen LogP contribution in [0.15, 0.2) is 52.8 Å². The van der Waals surface area contributed by atoms with Crippen LogP contribution in [-0.4, -0.2) is 26.9 Å². The Bertz CT molecular complexity index is 961. The number of benzene rings is 1. The van der Waals surface area contributed by atoms with E-state index < -0.39 is 11.6 Å². The molecule has 1 heterocycles. The molecule has 5 nitrogen and oxygen atoms in total. The van der Waals surface area contributed by atoms with Crippen LogP contribution in [0.2, 0.25) is 0 Å². The molecular formula is C27H36O5. The van der Waals surface area contributed by atoms with Crippen molar-refractivity contribution in [3.05, 3.63) is 64.0 Å². The van der Waals surface area contributed by atoms with Crippen molar-refractivity contribution in [1.82, 2.24) is 0 Å². The molecule has 0 saturated heterocycles. The van der Waals surface area contributed by atoms with Gasteiger partial charge in [0.05, 0.1) is 0 Å². The molecule has 0 amide bonds. The minimum atomic E-state index is -0.845. The molecular weight excluding hydrogens is 404 g/mol. The van der Waals surface area contributed by atoms with Crippen LogP contribution in [0.25, 0.3) is 6.08 Å². The van der Waals surface area contributed by atoms with E-state index in [9.17, 15) is 20.1 Å². The molecule has 32 heavy (non-hydrogen) atoms. The van der Waals surface area contributed by atoms with Gasteiger partial charge in [-0.2, -0.15) is 0 Å². The quantitative estimate of drug-likeness (QED) is 0.269. The van der Waals surface area contributed by atoms with Crippen LogP contribution in [0.4, 0.5) is 0 Å². The lowest BCUT2D eigenvalue weighted by atomic mass is 9.91. The van der Waals surface area contributed by atoms with E-state index in [0.29, 0.717) is 36.1 Å². The summed E-state index contributed by atoms with van der Waals surface area (Å²) in [4.78, 5) is 11.4. The second-order valence-electron chi connectivity index (χ2n) is 9.03. The molecule has 0 spiro atoms. The SMILES string of the molecule is CC(C)=CCC/C(=C/CC/C(C)=C/CCC1(C)Oc2c(C)cc(O)cc2C=C1O)C(=O)O. The number of allylic oxidation sites excluding steroid dienone is 5. The summed E-state index contributed by atoms with van der Waals surface area (Å²) in [6.07, 6.45) is 11.8. The van der Waals surface area contributed by atoms with Gasteiger partial charge in [-0.25, -0.2) is 4.79 Å². The van der Waals surface area contributed by atoms with Gasteiger partial charge >= 0.3 is 5.97 Å². The number of fused-ring (bicyclic) bond motifs is 1. The van der Waals surface area contributed by atoms with E-state index in [-0.39, 0.29) is 11.5 Å². The zero-order valence-corrected chi connectivity index (χ0v) is 19.9. The topological polar surface area (TPSA) is 87.0 Å². The number of aromatic hydroxyl groups is 1. The highest BCUT2D eigenvalue weighted by Gasteiger charge is 2.35. The van der Waals surface area contributed by atoms with Gasteiger partial charge in [-0.3, -0.25) is 0 Å². The maximum Gasteiger partial charge on any atom is 0.331 e. The molecule has 0 bridgehead atoms. The lowest BCUT2D eigenvalue weighted by molar-refractivity contribution is -0.132. The van der Waals surface area contributed by atoms with Crippen LogP contribution in [0.3, 0.4) is 0 Å². The smallest absolute Gasteiger partial charge is 0.331 e. The Hall–Kier alpha value is -2.95. The number of carboxylic acid groups (broad SMARTS) is 1. The Kier molecular flexibility index (Phi) is 8.76. The Morgan fingerprint density at radius 2 is 1.72 bits per heavy atom. The van der Waals surface area contributed by atoms with Gasteiger partial charge < -0.3 is 20.1 Å². The number of rotatable bonds is 10. The lowest BCUT2D eigenvalue weighted by Gasteiger charge is -2.34. The van der Waals surface area contributed by atoms with Gasteiger partial charge in [0.1, 0.15) is 17.3 Å². The van der Waals surface area contributed by atoms with E-state index in [2.05, 4.69) is 12.2 Å². The summed E-state index contributed by atoms with van der Waals surface area (Å²) in [5.41, 5.74) is 3.52. The van der Waals surface area contributed by atoms with Gasteiger partial charge in [0.2, 0.25) is 0 Å². The molecule has 1 aromatic rings. The number of phenols is 1. The Balaban J connectivity index is 1.93. The van der Waals surface area contributed by atoms with Crippen molar-refractivity contribution in [3.63, 3.8) is 0 Å². The summed E-state index contributed by atoms with van der Waals surface area (Å²) in [6.45, 7) is 9.80. The van der Waals surface area contributed by atoms with Crippen LogP contribution in [0.5, 0.6) is 11.5 Å². The molecule has 0 radical (unpaired) electrons. The zero-order chi connectivity index (χ0) is 23.9. The maximum absolute atomic E-state index is 11.4. The number of phenolic OH excluding ortho intramolecular Hbond substituents is 1. The van der Waals surface area contributed by atoms with Gasteiger partial charge in [0, 0.05) is 11.1 Å². The van der Waals surface area contributed by atoms with Gasteiger partial charge in [0.25, 0.3) is 0 Å².